The number of alkyl halides is 3. The van der Waals surface area contributed by atoms with Crippen molar-refractivity contribution in [2.45, 2.75) is 39.4 Å². The second-order valence-corrected chi connectivity index (χ2v) is 5.00. The van der Waals surface area contributed by atoms with E-state index in [2.05, 4.69) is 5.32 Å². The van der Waals surface area contributed by atoms with Gasteiger partial charge < -0.3 is 5.32 Å². The van der Waals surface area contributed by atoms with E-state index in [0.29, 0.717) is 11.6 Å². The molecule has 0 aliphatic carbocycles. The molecule has 0 heterocycles. The van der Waals surface area contributed by atoms with Crippen LogP contribution in [0, 0.1) is 5.92 Å². The fraction of sp³-hybridized carbons (Fsp3) is 0.538. The van der Waals surface area contributed by atoms with Crippen LogP contribution in [0.2, 0.25) is 5.02 Å². The van der Waals surface area contributed by atoms with E-state index in [9.17, 15) is 13.2 Å². The second-order valence-electron chi connectivity index (χ2n) is 4.60. The molecule has 0 saturated carbocycles. The summed E-state index contributed by atoms with van der Waals surface area (Å²) >= 11 is 5.57. The van der Waals surface area contributed by atoms with E-state index in [1.807, 2.05) is 20.8 Å². The number of halogens is 4. The van der Waals surface area contributed by atoms with Gasteiger partial charge in [-0.15, -0.1) is 0 Å². The van der Waals surface area contributed by atoms with Gasteiger partial charge in [-0.05, 0) is 30.5 Å². The summed E-state index contributed by atoms with van der Waals surface area (Å²) in [5.74, 6) is 0.347. The first-order valence-corrected chi connectivity index (χ1v) is 6.26. The Labute approximate surface area is 110 Å². The van der Waals surface area contributed by atoms with Gasteiger partial charge in [0.25, 0.3) is 0 Å². The Morgan fingerprint density at radius 3 is 2.33 bits per heavy atom. The number of rotatable bonds is 4. The first-order chi connectivity index (χ1) is 8.25. The van der Waals surface area contributed by atoms with Crippen LogP contribution in [0.1, 0.15) is 32.8 Å². The van der Waals surface area contributed by atoms with E-state index in [0.717, 1.165) is 12.5 Å². The lowest BCUT2D eigenvalue weighted by Gasteiger charge is -2.22. The lowest BCUT2D eigenvalue weighted by Crippen LogP contribution is -2.24. The molecule has 0 saturated heterocycles. The Hall–Kier alpha value is -0.900. The molecule has 1 unspecified atom stereocenters. The molecule has 0 aliphatic rings. The van der Waals surface area contributed by atoms with Gasteiger partial charge in [-0.1, -0.05) is 32.4 Å². The van der Waals surface area contributed by atoms with Crippen molar-refractivity contribution < 1.29 is 13.2 Å². The third-order valence-corrected chi connectivity index (χ3v) is 3.20. The highest BCUT2D eigenvalue weighted by atomic mass is 35.5. The average molecular weight is 280 g/mol. The van der Waals surface area contributed by atoms with Crippen molar-refractivity contribution in [3.63, 3.8) is 0 Å². The zero-order valence-electron chi connectivity index (χ0n) is 10.6. The lowest BCUT2D eigenvalue weighted by atomic mass is 10.0. The molecule has 5 heteroatoms. The van der Waals surface area contributed by atoms with Gasteiger partial charge >= 0.3 is 6.18 Å². The monoisotopic (exact) mass is 279 g/mol. The molecule has 0 spiro atoms. The van der Waals surface area contributed by atoms with E-state index < -0.39 is 11.7 Å². The summed E-state index contributed by atoms with van der Waals surface area (Å²) in [5.41, 5.74) is -0.347. The molecule has 1 aromatic rings. The predicted octanol–water partition coefficient (Wildman–Crippen LogP) is 5.21. The maximum atomic E-state index is 12.7. The summed E-state index contributed by atoms with van der Waals surface area (Å²) in [6, 6.07) is 4.06. The third-order valence-electron chi connectivity index (χ3n) is 2.87. The summed E-state index contributed by atoms with van der Waals surface area (Å²) in [7, 11) is 0. The third kappa shape index (κ3) is 3.80. The molecule has 1 nitrogen and oxygen atoms in total. The largest absolute Gasteiger partial charge is 0.417 e. The Bertz CT molecular complexity index is 402. The highest BCUT2D eigenvalue weighted by Crippen LogP contribution is 2.36. The summed E-state index contributed by atoms with van der Waals surface area (Å²) in [4.78, 5) is 0. The maximum Gasteiger partial charge on any atom is 0.417 e. The van der Waals surface area contributed by atoms with Crippen LogP contribution in [0.25, 0.3) is 0 Å². The SMILES string of the molecule is CCC(Nc1ccc(Cl)c(C(F)(F)F)c1)C(C)C. The molecule has 102 valence electrons. The van der Waals surface area contributed by atoms with Crippen LogP contribution in [-0.2, 0) is 6.18 Å². The number of nitrogens with one attached hydrogen (secondary N) is 1. The standard InChI is InChI=1S/C13H17ClF3N/c1-4-12(8(2)3)18-9-5-6-11(14)10(7-9)13(15,16)17/h5-8,12,18H,4H2,1-3H3. The normalized spacial score (nSPS) is 13.8. The molecule has 0 bridgehead atoms. The van der Waals surface area contributed by atoms with Crippen LogP contribution in [0.3, 0.4) is 0 Å². The molecule has 1 atom stereocenters. The Morgan fingerprint density at radius 1 is 1.28 bits per heavy atom. The van der Waals surface area contributed by atoms with Crippen molar-refractivity contribution in [3.05, 3.63) is 28.8 Å². The van der Waals surface area contributed by atoms with Crippen LogP contribution >= 0.6 is 11.6 Å². The maximum absolute atomic E-state index is 12.7. The zero-order valence-corrected chi connectivity index (χ0v) is 11.4. The smallest absolute Gasteiger partial charge is 0.382 e. The predicted molar refractivity (Wildman–Crippen MR) is 69.0 cm³/mol. The van der Waals surface area contributed by atoms with Gasteiger partial charge in [-0.3, -0.25) is 0 Å². The van der Waals surface area contributed by atoms with Crippen LogP contribution in [0.15, 0.2) is 18.2 Å². The van der Waals surface area contributed by atoms with Gasteiger partial charge in [0.1, 0.15) is 0 Å². The van der Waals surface area contributed by atoms with Gasteiger partial charge in [0.05, 0.1) is 10.6 Å². The van der Waals surface area contributed by atoms with Crippen LogP contribution in [0.4, 0.5) is 18.9 Å². The van der Waals surface area contributed by atoms with Gasteiger partial charge in [-0.2, -0.15) is 13.2 Å². The van der Waals surface area contributed by atoms with E-state index in [1.54, 1.807) is 6.07 Å². The minimum Gasteiger partial charge on any atom is -0.382 e. The second kappa shape index (κ2) is 5.83. The van der Waals surface area contributed by atoms with Crippen molar-refractivity contribution in [2.75, 3.05) is 5.32 Å². The molecule has 0 fully saturated rings. The first kappa shape index (κ1) is 15.2. The molecule has 0 radical (unpaired) electrons. The van der Waals surface area contributed by atoms with Crippen LogP contribution in [0.5, 0.6) is 0 Å². The molecule has 18 heavy (non-hydrogen) atoms. The van der Waals surface area contributed by atoms with Crippen molar-refractivity contribution in [1.29, 1.82) is 0 Å². The Balaban J connectivity index is 2.99. The number of benzene rings is 1. The summed E-state index contributed by atoms with van der Waals surface area (Å²) in [5, 5.41) is 2.84. The summed E-state index contributed by atoms with van der Waals surface area (Å²) in [6.45, 7) is 6.06. The lowest BCUT2D eigenvalue weighted by molar-refractivity contribution is -0.137. The number of hydrogen-bond acceptors (Lipinski definition) is 1. The van der Waals surface area contributed by atoms with Gasteiger partial charge in [0, 0.05) is 11.7 Å². The zero-order chi connectivity index (χ0) is 13.9. The molecular formula is C13H17ClF3N. The molecule has 1 N–H and O–H groups in total. The van der Waals surface area contributed by atoms with Crippen molar-refractivity contribution in [3.8, 4) is 0 Å². The van der Waals surface area contributed by atoms with Crippen LogP contribution < -0.4 is 5.32 Å². The summed E-state index contributed by atoms with van der Waals surface area (Å²) < 4.78 is 38.1. The van der Waals surface area contributed by atoms with Gasteiger partial charge in [0.2, 0.25) is 0 Å². The highest BCUT2D eigenvalue weighted by molar-refractivity contribution is 6.31. The first-order valence-electron chi connectivity index (χ1n) is 5.89. The molecule has 0 aromatic heterocycles. The Kier molecular flexibility index (Phi) is 4.91. The molecule has 0 aliphatic heterocycles. The molecule has 1 aromatic carbocycles. The van der Waals surface area contributed by atoms with Crippen molar-refractivity contribution >= 4 is 17.3 Å². The Morgan fingerprint density at radius 2 is 1.89 bits per heavy atom. The van der Waals surface area contributed by atoms with E-state index in [1.165, 1.54) is 6.07 Å². The minimum absolute atomic E-state index is 0.146. The fourth-order valence-electron chi connectivity index (χ4n) is 1.79. The summed E-state index contributed by atoms with van der Waals surface area (Å²) in [6.07, 6.45) is -3.57. The highest BCUT2D eigenvalue weighted by Gasteiger charge is 2.33. The van der Waals surface area contributed by atoms with Crippen molar-refractivity contribution in [2.24, 2.45) is 5.92 Å². The number of hydrogen-bond donors (Lipinski definition) is 1. The van der Waals surface area contributed by atoms with Gasteiger partial charge in [-0.25, -0.2) is 0 Å². The van der Waals surface area contributed by atoms with E-state index in [4.69, 9.17) is 11.6 Å². The van der Waals surface area contributed by atoms with E-state index in [-0.39, 0.29) is 11.1 Å². The van der Waals surface area contributed by atoms with Crippen LogP contribution in [-0.4, -0.2) is 6.04 Å². The average Bonchev–Trinajstić information content (AvgIpc) is 2.25. The molecular weight excluding hydrogens is 263 g/mol. The minimum atomic E-state index is -4.42. The van der Waals surface area contributed by atoms with E-state index >= 15 is 0 Å². The fourth-order valence-corrected chi connectivity index (χ4v) is 2.01. The topological polar surface area (TPSA) is 12.0 Å². The van der Waals surface area contributed by atoms with Crippen molar-refractivity contribution in [1.82, 2.24) is 0 Å². The molecule has 0 amide bonds. The molecule has 1 rings (SSSR count). The number of anilines is 1. The van der Waals surface area contributed by atoms with Gasteiger partial charge in [0.15, 0.2) is 0 Å². The quantitative estimate of drug-likeness (QED) is 0.798.